The van der Waals surface area contributed by atoms with E-state index in [-0.39, 0.29) is 5.91 Å². The van der Waals surface area contributed by atoms with Crippen LogP contribution >= 0.6 is 0 Å². The zero-order valence-corrected chi connectivity index (χ0v) is 16.4. The maximum Gasteiger partial charge on any atom is 0.254 e. The Morgan fingerprint density at radius 1 is 1.10 bits per heavy atom. The van der Waals surface area contributed by atoms with E-state index in [1.165, 1.54) is 0 Å². The van der Waals surface area contributed by atoms with Crippen LogP contribution in [0.1, 0.15) is 23.2 Å². The van der Waals surface area contributed by atoms with Crippen molar-refractivity contribution in [1.82, 2.24) is 14.8 Å². The van der Waals surface area contributed by atoms with Crippen molar-refractivity contribution < 1.29 is 13.9 Å². The highest BCUT2D eigenvalue weighted by atomic mass is 16.5. The first kappa shape index (κ1) is 18.3. The lowest BCUT2D eigenvalue weighted by Crippen LogP contribution is -2.50. The number of ether oxygens (including phenoxy) is 1. The minimum Gasteiger partial charge on any atom is -0.463 e. The number of nitrogens with zero attached hydrogens (tertiary/aromatic N) is 3. The molecule has 150 valence electrons. The molecule has 2 aromatic heterocycles. The van der Waals surface area contributed by atoms with Gasteiger partial charge in [0.15, 0.2) is 5.76 Å². The summed E-state index contributed by atoms with van der Waals surface area (Å²) in [6.45, 7) is 5.11. The number of fused-ring (bicyclic) bond motifs is 1. The summed E-state index contributed by atoms with van der Waals surface area (Å²) in [5.74, 6) is 0.736. The van der Waals surface area contributed by atoms with Crippen LogP contribution in [0.3, 0.4) is 0 Å². The van der Waals surface area contributed by atoms with Crippen LogP contribution in [0.2, 0.25) is 0 Å². The van der Waals surface area contributed by atoms with Gasteiger partial charge in [-0.25, -0.2) is 4.98 Å². The molecule has 0 N–H and O–H groups in total. The Morgan fingerprint density at radius 2 is 1.97 bits per heavy atom. The molecule has 0 spiro atoms. The quantitative estimate of drug-likeness (QED) is 0.682. The molecule has 6 nitrogen and oxygen atoms in total. The second-order valence-electron chi connectivity index (χ2n) is 7.78. The minimum absolute atomic E-state index is 0.0631. The summed E-state index contributed by atoms with van der Waals surface area (Å²) in [6.07, 6.45) is 4.30. The molecule has 6 heteroatoms. The van der Waals surface area contributed by atoms with Gasteiger partial charge < -0.3 is 14.1 Å². The molecule has 2 aliphatic rings. The Morgan fingerprint density at radius 3 is 2.72 bits per heavy atom. The topological polar surface area (TPSA) is 58.8 Å². The summed E-state index contributed by atoms with van der Waals surface area (Å²) in [6, 6.07) is 13.4. The number of amides is 1. The van der Waals surface area contributed by atoms with Crippen molar-refractivity contribution in [3.05, 3.63) is 54.3 Å². The third-order valence-corrected chi connectivity index (χ3v) is 5.87. The molecule has 29 heavy (non-hydrogen) atoms. The number of para-hydroxylation sites is 1. The Bertz CT molecular complexity index is 988. The van der Waals surface area contributed by atoms with Crippen LogP contribution in [-0.4, -0.2) is 66.1 Å². The van der Waals surface area contributed by atoms with E-state index in [9.17, 15) is 4.79 Å². The van der Waals surface area contributed by atoms with Crippen LogP contribution in [0.15, 0.2) is 53.1 Å². The Hall–Kier alpha value is -2.70. The number of hydrogen-bond donors (Lipinski definition) is 0. The summed E-state index contributed by atoms with van der Waals surface area (Å²) >= 11 is 0. The van der Waals surface area contributed by atoms with E-state index in [4.69, 9.17) is 9.15 Å². The van der Waals surface area contributed by atoms with Crippen LogP contribution in [0.4, 0.5) is 0 Å². The number of carbonyl (C=O) groups excluding carboxylic acids is 1. The summed E-state index contributed by atoms with van der Waals surface area (Å²) < 4.78 is 11.3. The molecule has 3 aromatic rings. The highest BCUT2D eigenvalue weighted by Crippen LogP contribution is 2.26. The van der Waals surface area contributed by atoms with E-state index in [1.54, 1.807) is 6.26 Å². The second-order valence-corrected chi connectivity index (χ2v) is 7.78. The molecule has 0 saturated carbocycles. The van der Waals surface area contributed by atoms with Gasteiger partial charge in [0.2, 0.25) is 0 Å². The fourth-order valence-electron chi connectivity index (χ4n) is 4.28. The van der Waals surface area contributed by atoms with Crippen molar-refractivity contribution in [2.45, 2.75) is 18.9 Å². The van der Waals surface area contributed by atoms with E-state index < -0.39 is 0 Å². The molecule has 0 bridgehead atoms. The summed E-state index contributed by atoms with van der Waals surface area (Å²) in [4.78, 5) is 22.5. The molecule has 1 atom stereocenters. The molecule has 2 aliphatic heterocycles. The number of furan rings is 1. The molecule has 2 saturated heterocycles. The highest BCUT2D eigenvalue weighted by Gasteiger charge is 2.26. The van der Waals surface area contributed by atoms with Crippen LogP contribution in [0.5, 0.6) is 0 Å². The van der Waals surface area contributed by atoms with Crippen molar-refractivity contribution in [2.24, 2.45) is 0 Å². The number of carbonyl (C=O) groups is 1. The molecule has 1 aromatic carbocycles. The summed E-state index contributed by atoms with van der Waals surface area (Å²) in [5.41, 5.74) is 2.19. The van der Waals surface area contributed by atoms with Gasteiger partial charge in [0.25, 0.3) is 5.91 Å². The number of piperazine rings is 1. The lowest BCUT2D eigenvalue weighted by Gasteiger charge is -2.36. The molecular weight excluding hydrogens is 366 g/mol. The third kappa shape index (κ3) is 3.78. The number of hydrogen-bond acceptors (Lipinski definition) is 5. The van der Waals surface area contributed by atoms with Crippen molar-refractivity contribution >= 4 is 16.8 Å². The van der Waals surface area contributed by atoms with E-state index >= 15 is 0 Å². The van der Waals surface area contributed by atoms with E-state index in [1.807, 2.05) is 47.4 Å². The predicted molar refractivity (Wildman–Crippen MR) is 111 cm³/mol. The number of aromatic nitrogens is 1. The smallest absolute Gasteiger partial charge is 0.254 e. The number of pyridine rings is 1. The lowest BCUT2D eigenvalue weighted by atomic mass is 10.0. The number of rotatable bonds is 4. The molecule has 1 unspecified atom stereocenters. The van der Waals surface area contributed by atoms with Crippen molar-refractivity contribution in [3.8, 4) is 11.5 Å². The van der Waals surface area contributed by atoms with Crippen LogP contribution < -0.4 is 0 Å². The molecule has 0 radical (unpaired) electrons. The van der Waals surface area contributed by atoms with Crippen LogP contribution in [-0.2, 0) is 4.74 Å². The second kappa shape index (κ2) is 7.97. The maximum absolute atomic E-state index is 13.4. The van der Waals surface area contributed by atoms with E-state index in [0.717, 1.165) is 63.1 Å². The van der Waals surface area contributed by atoms with Crippen molar-refractivity contribution in [2.75, 3.05) is 39.3 Å². The highest BCUT2D eigenvalue weighted by molar-refractivity contribution is 6.07. The average molecular weight is 391 g/mol. The van der Waals surface area contributed by atoms with Gasteiger partial charge in [0.05, 0.1) is 23.4 Å². The fraction of sp³-hybridized carbons (Fsp3) is 0.391. The van der Waals surface area contributed by atoms with Gasteiger partial charge in [-0.15, -0.1) is 0 Å². The van der Waals surface area contributed by atoms with Gasteiger partial charge in [-0.3, -0.25) is 9.69 Å². The third-order valence-electron chi connectivity index (χ3n) is 5.87. The van der Waals surface area contributed by atoms with E-state index in [2.05, 4.69) is 9.88 Å². The zero-order valence-electron chi connectivity index (χ0n) is 16.4. The molecular formula is C23H25N3O3. The van der Waals surface area contributed by atoms with Crippen molar-refractivity contribution in [1.29, 1.82) is 0 Å². The predicted octanol–water partition coefficient (Wildman–Crippen LogP) is 3.43. The summed E-state index contributed by atoms with van der Waals surface area (Å²) in [7, 11) is 0. The van der Waals surface area contributed by atoms with Gasteiger partial charge in [0.1, 0.15) is 5.69 Å². The molecule has 1 amide bonds. The minimum atomic E-state index is 0.0631. The van der Waals surface area contributed by atoms with Gasteiger partial charge in [0, 0.05) is 44.7 Å². The monoisotopic (exact) mass is 391 g/mol. The Kier molecular flexibility index (Phi) is 5.04. The Balaban J connectivity index is 1.37. The first-order chi connectivity index (χ1) is 14.3. The molecule has 0 aliphatic carbocycles. The lowest BCUT2D eigenvalue weighted by molar-refractivity contribution is 0.0433. The maximum atomic E-state index is 13.4. The Labute approximate surface area is 170 Å². The molecule has 5 rings (SSSR count). The first-order valence-corrected chi connectivity index (χ1v) is 10.3. The zero-order chi connectivity index (χ0) is 19.6. The standard InChI is InChI=1S/C23H25N3O3/c27-23(26-11-9-25(10-12-26)16-17-5-3-13-28-17)19-15-21(22-8-4-14-29-22)24-20-7-2-1-6-18(19)20/h1-2,4,6-8,14-15,17H,3,5,9-13,16H2. The largest absolute Gasteiger partial charge is 0.463 e. The van der Waals surface area contributed by atoms with Gasteiger partial charge in [-0.1, -0.05) is 18.2 Å². The van der Waals surface area contributed by atoms with Gasteiger partial charge in [-0.2, -0.15) is 0 Å². The molecule has 2 fully saturated rings. The fourth-order valence-corrected chi connectivity index (χ4v) is 4.28. The van der Waals surface area contributed by atoms with Gasteiger partial charge >= 0.3 is 0 Å². The average Bonchev–Trinajstić information content (AvgIpc) is 3.47. The van der Waals surface area contributed by atoms with Gasteiger partial charge in [-0.05, 0) is 37.1 Å². The van der Waals surface area contributed by atoms with E-state index in [0.29, 0.717) is 23.1 Å². The normalized spacial score (nSPS) is 20.4. The summed E-state index contributed by atoms with van der Waals surface area (Å²) in [5, 5.41) is 0.884. The van der Waals surface area contributed by atoms with Crippen LogP contribution in [0, 0.1) is 0 Å². The number of benzene rings is 1. The van der Waals surface area contributed by atoms with Crippen LogP contribution in [0.25, 0.3) is 22.4 Å². The van der Waals surface area contributed by atoms with Crippen molar-refractivity contribution in [3.63, 3.8) is 0 Å². The SMILES string of the molecule is O=C(c1cc(-c2ccco2)nc2ccccc12)N1CCN(CC2CCCO2)CC1. The first-order valence-electron chi connectivity index (χ1n) is 10.3. The molecule has 4 heterocycles.